The van der Waals surface area contributed by atoms with E-state index in [9.17, 15) is 4.79 Å². The SMILES string of the molecule is COC(=O)OCN=C=S. The molecule has 0 bridgehead atoms. The summed E-state index contributed by atoms with van der Waals surface area (Å²) in [7, 11) is 1.21. The lowest BCUT2D eigenvalue weighted by Gasteiger charge is -1.94. The largest absolute Gasteiger partial charge is 0.509 e. The number of carbonyl (C=O) groups is 1. The van der Waals surface area contributed by atoms with Crippen molar-refractivity contribution in [2.75, 3.05) is 13.8 Å². The molecule has 0 radical (unpaired) electrons. The first-order valence-corrected chi connectivity index (χ1v) is 2.46. The van der Waals surface area contributed by atoms with Gasteiger partial charge < -0.3 is 9.47 Å². The Morgan fingerprint density at radius 3 is 3.00 bits per heavy atom. The maximum atomic E-state index is 10.1. The van der Waals surface area contributed by atoms with Gasteiger partial charge in [-0.1, -0.05) is 0 Å². The van der Waals surface area contributed by atoms with Crippen LogP contribution in [0, 0.1) is 0 Å². The minimum Gasteiger partial charge on any atom is -0.438 e. The lowest BCUT2D eigenvalue weighted by atomic mass is 11.2. The number of carbonyl (C=O) groups excluding carboxylic acids is 1. The zero-order valence-corrected chi connectivity index (χ0v) is 5.60. The van der Waals surface area contributed by atoms with Crippen LogP contribution < -0.4 is 0 Å². The number of ether oxygens (including phenoxy) is 2. The molecular weight excluding hydrogens is 142 g/mol. The average Bonchev–Trinajstić information content (AvgIpc) is 1.89. The first-order chi connectivity index (χ1) is 4.31. The summed E-state index contributed by atoms with van der Waals surface area (Å²) < 4.78 is 8.39. The Kier molecular flexibility index (Phi) is 4.67. The van der Waals surface area contributed by atoms with Crippen LogP contribution in [0.3, 0.4) is 0 Å². The third-order valence-corrected chi connectivity index (χ3v) is 0.607. The van der Waals surface area contributed by atoms with Gasteiger partial charge in [-0.25, -0.2) is 4.79 Å². The first-order valence-electron chi connectivity index (χ1n) is 2.05. The Bertz CT molecular complexity index is 141. The van der Waals surface area contributed by atoms with E-state index in [4.69, 9.17) is 0 Å². The van der Waals surface area contributed by atoms with E-state index < -0.39 is 6.16 Å². The van der Waals surface area contributed by atoms with Crippen LogP contribution in [-0.2, 0) is 9.47 Å². The van der Waals surface area contributed by atoms with Gasteiger partial charge in [-0.15, -0.1) is 0 Å². The molecule has 0 fully saturated rings. The van der Waals surface area contributed by atoms with Crippen molar-refractivity contribution in [1.29, 1.82) is 0 Å². The van der Waals surface area contributed by atoms with Crippen molar-refractivity contribution in [3.63, 3.8) is 0 Å². The lowest BCUT2D eigenvalue weighted by molar-refractivity contribution is 0.0755. The summed E-state index contributed by atoms with van der Waals surface area (Å²) in [6, 6.07) is 0. The Labute approximate surface area is 57.5 Å². The fourth-order valence-electron chi connectivity index (χ4n) is 0.170. The van der Waals surface area contributed by atoms with Crippen molar-refractivity contribution in [2.24, 2.45) is 4.99 Å². The van der Waals surface area contributed by atoms with Crippen molar-refractivity contribution < 1.29 is 14.3 Å². The van der Waals surface area contributed by atoms with Gasteiger partial charge in [0.15, 0.2) is 6.73 Å². The molecule has 9 heavy (non-hydrogen) atoms. The zero-order chi connectivity index (χ0) is 7.11. The summed E-state index contributed by atoms with van der Waals surface area (Å²) in [6.45, 7) is -0.129. The smallest absolute Gasteiger partial charge is 0.438 e. The molecule has 0 heterocycles. The van der Waals surface area contributed by atoms with Gasteiger partial charge in [0.25, 0.3) is 0 Å². The van der Waals surface area contributed by atoms with Crippen molar-refractivity contribution in [1.82, 2.24) is 0 Å². The maximum absolute atomic E-state index is 10.1. The molecule has 0 amide bonds. The Morgan fingerprint density at radius 1 is 1.89 bits per heavy atom. The topological polar surface area (TPSA) is 47.9 Å². The highest BCUT2D eigenvalue weighted by molar-refractivity contribution is 7.78. The molecule has 5 heteroatoms. The van der Waals surface area contributed by atoms with Crippen LogP contribution in [0.5, 0.6) is 0 Å². The molecule has 0 N–H and O–H groups in total. The minimum atomic E-state index is -0.774. The third-order valence-electron chi connectivity index (χ3n) is 0.478. The Hall–Kier alpha value is -0.930. The first kappa shape index (κ1) is 8.07. The molecule has 0 aromatic rings. The van der Waals surface area contributed by atoms with E-state index in [1.807, 2.05) is 5.16 Å². The van der Waals surface area contributed by atoms with E-state index >= 15 is 0 Å². The average molecular weight is 147 g/mol. The van der Waals surface area contributed by atoms with Gasteiger partial charge in [0.05, 0.1) is 12.3 Å². The number of thiocarbonyl (C=S) groups is 1. The molecule has 4 nitrogen and oxygen atoms in total. The molecule has 0 saturated heterocycles. The number of rotatable bonds is 2. The second kappa shape index (κ2) is 5.21. The van der Waals surface area contributed by atoms with Crippen LogP contribution >= 0.6 is 12.2 Å². The molecular formula is C4H5NO3S. The molecule has 0 aliphatic carbocycles. The second-order valence-corrected chi connectivity index (χ2v) is 1.16. The predicted octanol–water partition coefficient (Wildman–Crippen LogP) is 0.830. The van der Waals surface area contributed by atoms with Crippen molar-refractivity contribution in [3.05, 3.63) is 0 Å². The van der Waals surface area contributed by atoms with Crippen LogP contribution in [0.4, 0.5) is 4.79 Å². The molecule has 0 spiro atoms. The van der Waals surface area contributed by atoms with Gasteiger partial charge in [-0.05, 0) is 12.2 Å². The van der Waals surface area contributed by atoms with Gasteiger partial charge in [0.1, 0.15) is 0 Å². The van der Waals surface area contributed by atoms with E-state index in [-0.39, 0.29) is 6.73 Å². The van der Waals surface area contributed by atoms with E-state index in [2.05, 4.69) is 26.7 Å². The molecule has 0 aromatic heterocycles. The second-order valence-electron chi connectivity index (χ2n) is 0.977. The molecule has 0 rings (SSSR count). The monoisotopic (exact) mass is 147 g/mol. The third kappa shape index (κ3) is 4.93. The fourth-order valence-corrected chi connectivity index (χ4v) is 0.223. The van der Waals surface area contributed by atoms with Crippen molar-refractivity contribution in [2.45, 2.75) is 0 Å². The highest BCUT2D eigenvalue weighted by atomic mass is 32.1. The van der Waals surface area contributed by atoms with E-state index in [1.165, 1.54) is 7.11 Å². The highest BCUT2D eigenvalue weighted by Crippen LogP contribution is 1.80. The number of isothiocyanates is 1. The number of hydrogen-bond donors (Lipinski definition) is 0. The Morgan fingerprint density at radius 2 is 2.56 bits per heavy atom. The van der Waals surface area contributed by atoms with E-state index in [0.717, 1.165) is 0 Å². The highest BCUT2D eigenvalue weighted by Gasteiger charge is 1.95. The van der Waals surface area contributed by atoms with Gasteiger partial charge in [0, 0.05) is 0 Å². The van der Waals surface area contributed by atoms with Gasteiger partial charge >= 0.3 is 6.16 Å². The van der Waals surface area contributed by atoms with Crippen LogP contribution in [0.1, 0.15) is 0 Å². The maximum Gasteiger partial charge on any atom is 0.509 e. The number of hydrogen-bond acceptors (Lipinski definition) is 5. The molecule has 0 aromatic carbocycles. The van der Waals surface area contributed by atoms with Crippen LogP contribution in [0.2, 0.25) is 0 Å². The van der Waals surface area contributed by atoms with Crippen LogP contribution in [-0.4, -0.2) is 25.2 Å². The van der Waals surface area contributed by atoms with Gasteiger partial charge in [-0.2, -0.15) is 4.99 Å². The molecule has 50 valence electrons. The van der Waals surface area contributed by atoms with E-state index in [0.29, 0.717) is 0 Å². The number of methoxy groups -OCH3 is 1. The minimum absolute atomic E-state index is 0.129. The summed E-state index contributed by atoms with van der Waals surface area (Å²) in [6.07, 6.45) is -0.774. The molecule has 0 aliphatic heterocycles. The number of nitrogens with zero attached hydrogens (tertiary/aromatic N) is 1. The van der Waals surface area contributed by atoms with Gasteiger partial charge in [-0.3, -0.25) is 0 Å². The van der Waals surface area contributed by atoms with Crippen molar-refractivity contribution in [3.8, 4) is 0 Å². The Balaban J connectivity index is 3.27. The standard InChI is InChI=1S/C4H5NO3S/c1-7-4(6)8-2-5-3-9/h2H2,1H3. The molecule has 0 saturated carbocycles. The summed E-state index contributed by atoms with van der Waals surface area (Å²) in [4.78, 5) is 13.4. The molecule has 0 atom stereocenters. The zero-order valence-electron chi connectivity index (χ0n) is 4.79. The number of aliphatic imine (C=N–C) groups is 1. The fraction of sp³-hybridized carbons (Fsp3) is 0.500. The van der Waals surface area contributed by atoms with Gasteiger partial charge in [0.2, 0.25) is 0 Å². The van der Waals surface area contributed by atoms with Crippen LogP contribution in [0.15, 0.2) is 4.99 Å². The summed E-state index contributed by atoms with van der Waals surface area (Å²) in [5, 5.41) is 2.02. The summed E-state index contributed by atoms with van der Waals surface area (Å²) in [5.41, 5.74) is 0. The van der Waals surface area contributed by atoms with Crippen LogP contribution in [0.25, 0.3) is 0 Å². The summed E-state index contributed by atoms with van der Waals surface area (Å²) in [5.74, 6) is 0. The quantitative estimate of drug-likeness (QED) is 0.330. The summed E-state index contributed by atoms with van der Waals surface area (Å²) >= 11 is 4.19. The molecule has 0 unspecified atom stereocenters. The van der Waals surface area contributed by atoms with E-state index in [1.54, 1.807) is 0 Å². The molecule has 0 aliphatic rings. The van der Waals surface area contributed by atoms with Crippen molar-refractivity contribution >= 4 is 23.5 Å². The normalized spacial score (nSPS) is 7.22. The lowest BCUT2D eigenvalue weighted by Crippen LogP contribution is -2.03. The predicted molar refractivity (Wildman–Crippen MR) is 33.4 cm³/mol.